The number of β-lactam (4-membered cyclic amide) rings is 1. The van der Waals surface area contributed by atoms with Crippen LogP contribution < -0.4 is 10.9 Å². The molecule has 6 atom stereocenters. The second-order valence-corrected chi connectivity index (χ2v) is 10.2. The summed E-state index contributed by atoms with van der Waals surface area (Å²) >= 11 is -2.84. The molecule has 2 aliphatic heterocycles. The van der Waals surface area contributed by atoms with Gasteiger partial charge in [0.25, 0.3) is 5.91 Å². The molecule has 0 saturated carbocycles. The van der Waals surface area contributed by atoms with E-state index in [9.17, 15) is 43.3 Å². The molecule has 0 bridgehead atoms. The van der Waals surface area contributed by atoms with Gasteiger partial charge in [-0.2, -0.15) is 0 Å². The number of carbonyl (C=O) groups is 4. The average Bonchev–Trinajstić information content (AvgIpc) is 3.22. The van der Waals surface area contributed by atoms with Crippen molar-refractivity contribution in [3.05, 3.63) is 23.8 Å². The lowest BCUT2D eigenvalue weighted by Crippen LogP contribution is -2.68. The number of aliphatic carboxylic acids is 1. The zero-order chi connectivity index (χ0) is 27.7. The summed E-state index contributed by atoms with van der Waals surface area (Å²) in [5.74, 6) is -3.93. The Kier molecular flexibility index (Phi) is 7.92. The molecule has 0 spiro atoms. The molecule has 202 valence electrons. The van der Waals surface area contributed by atoms with Gasteiger partial charge in [0.15, 0.2) is 34.7 Å². The fourth-order valence-electron chi connectivity index (χ4n) is 3.93. The van der Waals surface area contributed by atoms with Crippen LogP contribution >= 0.6 is 0 Å². The molecule has 1 unspecified atom stereocenters. The summed E-state index contributed by atoms with van der Waals surface area (Å²) < 4.78 is 30.2. The highest BCUT2D eigenvalue weighted by Gasteiger charge is 2.54. The molecule has 16 heteroatoms. The van der Waals surface area contributed by atoms with Gasteiger partial charge in [-0.25, -0.2) is 24.2 Å². The number of carbonyl (C=O) groups excluding carboxylic acids is 3. The largest absolute Gasteiger partial charge is 0.504 e. The number of likely N-dealkylation sites (tertiary alicyclic amines) is 1. The molecule has 3 rings (SSSR count). The molecule has 15 nitrogen and oxygen atoms in total. The minimum absolute atomic E-state index is 0.0498. The van der Waals surface area contributed by atoms with E-state index in [0.717, 1.165) is 11.8 Å². The van der Waals surface area contributed by atoms with Crippen LogP contribution in [0.15, 0.2) is 23.2 Å². The molecule has 3 amide bonds. The molecule has 2 heterocycles. The lowest BCUT2D eigenvalue weighted by molar-refractivity contribution is -0.163. The van der Waals surface area contributed by atoms with E-state index in [1.807, 2.05) is 10.9 Å². The zero-order valence-corrected chi connectivity index (χ0v) is 20.7. The van der Waals surface area contributed by atoms with Crippen LogP contribution in [0.1, 0.15) is 32.8 Å². The van der Waals surface area contributed by atoms with Crippen LogP contribution in [0.4, 0.5) is 4.79 Å². The van der Waals surface area contributed by atoms with Gasteiger partial charge in [-0.3, -0.25) is 15.0 Å². The first-order valence-corrected chi connectivity index (χ1v) is 12.0. The molecule has 1 aromatic rings. The van der Waals surface area contributed by atoms with E-state index >= 15 is 0 Å². The van der Waals surface area contributed by atoms with Gasteiger partial charge in [-0.1, -0.05) is 6.07 Å². The number of benzene rings is 1. The monoisotopic (exact) mass is 542 g/mol. The van der Waals surface area contributed by atoms with Crippen molar-refractivity contribution < 1.29 is 52.7 Å². The van der Waals surface area contributed by atoms with Crippen LogP contribution in [-0.4, -0.2) is 94.3 Å². The predicted molar refractivity (Wildman–Crippen MR) is 125 cm³/mol. The maximum atomic E-state index is 12.5. The zero-order valence-electron chi connectivity index (χ0n) is 19.9. The molecule has 6 N–H and O–H groups in total. The highest BCUT2D eigenvalue weighted by molar-refractivity contribution is 7.80. The quantitative estimate of drug-likeness (QED) is 0.106. The van der Waals surface area contributed by atoms with Gasteiger partial charge in [0, 0.05) is 12.5 Å². The Labute approximate surface area is 212 Å². The molecule has 0 aromatic heterocycles. The van der Waals surface area contributed by atoms with Gasteiger partial charge < -0.3 is 34.2 Å². The third-order valence-corrected chi connectivity index (χ3v) is 7.15. The summed E-state index contributed by atoms with van der Waals surface area (Å²) in [5.41, 5.74) is 4.02. The molecule has 0 aliphatic carbocycles. The highest BCUT2D eigenvalue weighted by atomic mass is 32.2. The Balaban J connectivity index is 1.62. The normalized spacial score (nSPS) is 24.0. The highest BCUT2D eigenvalue weighted by Crippen LogP contribution is 2.32. The number of phenols is 2. The Morgan fingerprint density at radius 1 is 1.30 bits per heavy atom. The lowest BCUT2D eigenvalue weighted by Gasteiger charge is -2.47. The number of nitrogens with zero attached hydrogens (tertiary/aromatic N) is 2. The number of aliphatic imine (C=N–C) groups is 1. The summed E-state index contributed by atoms with van der Waals surface area (Å²) in [5, 5.41) is 29.3. The van der Waals surface area contributed by atoms with E-state index in [1.54, 1.807) is 6.92 Å². The average molecular weight is 543 g/mol. The van der Waals surface area contributed by atoms with Crippen LogP contribution in [0.5, 0.6) is 11.5 Å². The van der Waals surface area contributed by atoms with Crippen molar-refractivity contribution in [3.8, 4) is 11.5 Å². The number of rotatable bonds is 8. The number of hydrogen-bond donors (Lipinski definition) is 6. The third kappa shape index (κ3) is 5.43. The van der Waals surface area contributed by atoms with Crippen molar-refractivity contribution in [2.24, 2.45) is 4.99 Å². The number of nitrogens with one attached hydrogen (secondary N) is 2. The summed E-state index contributed by atoms with van der Waals surface area (Å²) in [7, 11) is 0. The number of hydrazine groups is 1. The second kappa shape index (κ2) is 10.6. The van der Waals surface area contributed by atoms with E-state index in [1.165, 1.54) is 25.1 Å². The van der Waals surface area contributed by atoms with Crippen molar-refractivity contribution in [2.75, 3.05) is 6.61 Å². The molecule has 37 heavy (non-hydrogen) atoms. The Morgan fingerprint density at radius 3 is 2.54 bits per heavy atom. The molecule has 1 saturated heterocycles. The first-order chi connectivity index (χ1) is 17.3. The number of ether oxygens (including phenoxy) is 2. The number of carboxylic acid groups (broad SMARTS) is 1. The first-order valence-electron chi connectivity index (χ1n) is 10.9. The smallest absolute Gasteiger partial charge is 0.426 e. The van der Waals surface area contributed by atoms with Crippen LogP contribution in [0.3, 0.4) is 0 Å². The van der Waals surface area contributed by atoms with Crippen molar-refractivity contribution >= 4 is 40.9 Å². The molecule has 0 radical (unpaired) electrons. The molecular weight excluding hydrogens is 516 g/mol. The van der Waals surface area contributed by atoms with Gasteiger partial charge in [-0.15, -0.1) is 0 Å². The van der Waals surface area contributed by atoms with Crippen molar-refractivity contribution in [1.82, 2.24) is 15.8 Å². The lowest BCUT2D eigenvalue weighted by atomic mass is 9.92. The van der Waals surface area contributed by atoms with Crippen LogP contribution in [0, 0.1) is 0 Å². The van der Waals surface area contributed by atoms with Gasteiger partial charge in [-0.05, 0) is 32.9 Å². The standard InChI is InChI=1S/C21H26N4O11S/c1-9-7-13(27)25(9)16(19(30)31)21(3,37(33)34)8-35-20(32)24-23-17(29)14-10(2)36-18(22-14)11-5-4-6-12(26)15(11)28/h4-6,9-10,14,16,26,28H,7-8H2,1-3H3,(H,23,29)(H,24,32)(H,30,31)(H,33,34)/t9-,10-,14+,16+,21+/m1/s1. The number of phenolic OH excluding ortho intramolecular Hbond substituents is 2. The van der Waals surface area contributed by atoms with E-state index in [4.69, 9.17) is 9.47 Å². The summed E-state index contributed by atoms with van der Waals surface area (Å²) in [6.45, 7) is 3.28. The summed E-state index contributed by atoms with van der Waals surface area (Å²) in [4.78, 5) is 53.5. The minimum atomic E-state index is -2.84. The number of amides is 3. The number of carboxylic acids is 1. The fraction of sp³-hybridized carbons (Fsp3) is 0.476. The Bertz CT molecular complexity index is 1180. The van der Waals surface area contributed by atoms with Gasteiger partial charge in [0.2, 0.25) is 11.8 Å². The van der Waals surface area contributed by atoms with Crippen molar-refractivity contribution in [2.45, 2.75) is 56.2 Å². The topological polar surface area (TPSA) is 224 Å². The number of aromatic hydroxyl groups is 2. The van der Waals surface area contributed by atoms with Crippen LogP contribution in [0.2, 0.25) is 0 Å². The van der Waals surface area contributed by atoms with Crippen LogP contribution in [0.25, 0.3) is 0 Å². The molecule has 2 aliphatic rings. The second-order valence-electron chi connectivity index (χ2n) is 8.72. The summed E-state index contributed by atoms with van der Waals surface area (Å²) in [6, 6.07) is 0.685. The minimum Gasteiger partial charge on any atom is -0.504 e. The number of para-hydroxylation sites is 1. The van der Waals surface area contributed by atoms with Gasteiger partial charge in [0.05, 0.1) is 5.56 Å². The van der Waals surface area contributed by atoms with Crippen molar-refractivity contribution in [1.29, 1.82) is 0 Å². The SMILES string of the molecule is C[C@@H]1CC(=O)N1[C@@H](C(=O)O)[C@](C)(COC(=O)NNC(=O)[C@H]1N=C(c2cccc(O)c2O)O[C@@H]1C)S(=O)O. The molecular formula is C21H26N4O11S. The van der Waals surface area contributed by atoms with E-state index in [0.29, 0.717) is 0 Å². The first kappa shape index (κ1) is 27.7. The van der Waals surface area contributed by atoms with E-state index in [-0.39, 0.29) is 17.9 Å². The van der Waals surface area contributed by atoms with E-state index in [2.05, 4.69) is 4.99 Å². The van der Waals surface area contributed by atoms with E-state index < -0.39 is 82.0 Å². The van der Waals surface area contributed by atoms with Gasteiger partial charge >= 0.3 is 12.1 Å². The Morgan fingerprint density at radius 2 is 1.97 bits per heavy atom. The number of hydrogen-bond acceptors (Lipinski definition) is 10. The predicted octanol–water partition coefficient (Wildman–Crippen LogP) is -0.556. The third-order valence-electron chi connectivity index (χ3n) is 6.01. The van der Waals surface area contributed by atoms with Crippen LogP contribution in [-0.2, 0) is 34.9 Å². The van der Waals surface area contributed by atoms with Crippen molar-refractivity contribution in [3.63, 3.8) is 0 Å². The maximum absolute atomic E-state index is 12.5. The molecule has 1 aromatic carbocycles. The Hall–Kier alpha value is -3.92. The van der Waals surface area contributed by atoms with Gasteiger partial charge in [0.1, 0.15) is 17.5 Å². The maximum Gasteiger partial charge on any atom is 0.426 e. The summed E-state index contributed by atoms with van der Waals surface area (Å²) in [6.07, 6.45) is -2.02. The molecule has 1 fully saturated rings. The fourth-order valence-corrected chi connectivity index (χ4v) is 4.50.